The third-order valence-electron chi connectivity index (χ3n) is 2.38. The summed E-state index contributed by atoms with van der Waals surface area (Å²) >= 11 is 6.85. The van der Waals surface area contributed by atoms with Gasteiger partial charge < -0.3 is 4.74 Å². The van der Waals surface area contributed by atoms with Crippen molar-refractivity contribution in [1.29, 1.82) is 0 Å². The first-order chi connectivity index (χ1) is 7.74. The van der Waals surface area contributed by atoms with E-state index in [1.165, 1.54) is 7.11 Å². The van der Waals surface area contributed by atoms with Crippen LogP contribution in [0.25, 0.3) is 0 Å². The molecule has 0 aliphatic rings. The maximum absolute atomic E-state index is 11.6. The van der Waals surface area contributed by atoms with Gasteiger partial charge in [-0.05, 0) is 30.0 Å². The van der Waals surface area contributed by atoms with Crippen molar-refractivity contribution in [3.8, 4) is 0 Å². The molecule has 0 aliphatic carbocycles. The molecule has 0 unspecified atom stereocenters. The summed E-state index contributed by atoms with van der Waals surface area (Å²) < 4.78 is 4.79. The Hall–Kier alpha value is -0.350. The Morgan fingerprint density at radius 1 is 1.38 bits per heavy atom. The van der Waals surface area contributed by atoms with E-state index >= 15 is 0 Å². The molecule has 0 aliphatic heterocycles. The van der Waals surface area contributed by atoms with Crippen molar-refractivity contribution in [2.45, 2.75) is 18.2 Å². The van der Waals surface area contributed by atoms with Crippen LogP contribution in [-0.2, 0) is 16.5 Å². The third-order valence-corrected chi connectivity index (χ3v) is 3.55. The molecule has 4 heteroatoms. The highest BCUT2D eigenvalue weighted by Crippen LogP contribution is 2.20. The van der Waals surface area contributed by atoms with E-state index in [1.54, 1.807) is 0 Å². The molecule has 0 bridgehead atoms. The monoisotopic (exact) mass is 348 g/mol. The average molecular weight is 350 g/mol. The van der Waals surface area contributed by atoms with Gasteiger partial charge in [0.05, 0.1) is 12.7 Å². The van der Waals surface area contributed by atoms with Gasteiger partial charge in [0.1, 0.15) is 0 Å². The van der Waals surface area contributed by atoms with E-state index in [-0.39, 0.29) is 5.97 Å². The molecular weight excluding hydrogens is 336 g/mol. The van der Waals surface area contributed by atoms with Gasteiger partial charge in [-0.3, -0.25) is 0 Å². The van der Waals surface area contributed by atoms with Crippen LogP contribution in [0.1, 0.15) is 27.9 Å². The molecular formula is C12H14Br2O2. The molecule has 0 saturated heterocycles. The smallest absolute Gasteiger partial charge is 0.338 e. The average Bonchev–Trinajstić information content (AvgIpc) is 2.34. The number of carbonyl (C=O) groups excluding carboxylic acids is 1. The van der Waals surface area contributed by atoms with Crippen LogP contribution in [0.15, 0.2) is 18.2 Å². The van der Waals surface area contributed by atoms with E-state index < -0.39 is 0 Å². The van der Waals surface area contributed by atoms with Crippen molar-refractivity contribution < 1.29 is 9.53 Å². The van der Waals surface area contributed by atoms with Gasteiger partial charge in [0.2, 0.25) is 0 Å². The Morgan fingerprint density at radius 3 is 2.69 bits per heavy atom. The number of methoxy groups -OCH3 is 1. The Kier molecular flexibility index (Phi) is 6.06. The molecule has 88 valence electrons. The maximum Gasteiger partial charge on any atom is 0.338 e. The summed E-state index contributed by atoms with van der Waals surface area (Å²) in [5.41, 5.74) is 2.93. The molecule has 1 aromatic rings. The number of carbonyl (C=O) groups is 1. The molecule has 0 aromatic heterocycles. The van der Waals surface area contributed by atoms with Gasteiger partial charge in [-0.15, -0.1) is 0 Å². The molecule has 0 radical (unpaired) electrons. The van der Waals surface area contributed by atoms with Gasteiger partial charge in [0, 0.05) is 10.7 Å². The summed E-state index contributed by atoms with van der Waals surface area (Å²) in [6.45, 7) is 0. The van der Waals surface area contributed by atoms with Gasteiger partial charge in [-0.25, -0.2) is 4.79 Å². The van der Waals surface area contributed by atoms with E-state index in [0.717, 1.165) is 34.6 Å². The van der Waals surface area contributed by atoms with Gasteiger partial charge in [0.15, 0.2) is 0 Å². The van der Waals surface area contributed by atoms with E-state index in [2.05, 4.69) is 31.9 Å². The molecule has 0 N–H and O–H groups in total. The van der Waals surface area contributed by atoms with Crippen molar-refractivity contribution in [3.05, 3.63) is 34.9 Å². The molecule has 1 aromatic carbocycles. The predicted molar refractivity (Wildman–Crippen MR) is 72.5 cm³/mol. The van der Waals surface area contributed by atoms with Crippen LogP contribution in [0.3, 0.4) is 0 Å². The Morgan fingerprint density at radius 2 is 2.12 bits per heavy atom. The largest absolute Gasteiger partial charge is 0.465 e. The van der Waals surface area contributed by atoms with Gasteiger partial charge in [0.25, 0.3) is 0 Å². The number of benzene rings is 1. The first kappa shape index (κ1) is 13.7. The van der Waals surface area contributed by atoms with Crippen molar-refractivity contribution in [2.75, 3.05) is 12.4 Å². The quantitative estimate of drug-likeness (QED) is 0.598. The van der Waals surface area contributed by atoms with E-state index in [4.69, 9.17) is 4.74 Å². The normalized spacial score (nSPS) is 10.2. The van der Waals surface area contributed by atoms with E-state index in [1.807, 2.05) is 18.2 Å². The number of ether oxygens (including phenoxy) is 1. The minimum atomic E-state index is -0.257. The molecule has 0 atom stereocenters. The Balaban J connectivity index is 3.09. The van der Waals surface area contributed by atoms with E-state index in [9.17, 15) is 4.79 Å². The number of alkyl halides is 2. The van der Waals surface area contributed by atoms with Crippen LogP contribution < -0.4 is 0 Å². The summed E-state index contributed by atoms with van der Waals surface area (Å²) in [4.78, 5) is 11.6. The van der Waals surface area contributed by atoms with Crippen molar-refractivity contribution in [2.24, 2.45) is 0 Å². The van der Waals surface area contributed by atoms with E-state index in [0.29, 0.717) is 5.56 Å². The van der Waals surface area contributed by atoms with Crippen LogP contribution in [-0.4, -0.2) is 18.4 Å². The van der Waals surface area contributed by atoms with Crippen molar-refractivity contribution in [1.82, 2.24) is 0 Å². The predicted octanol–water partition coefficient (Wildman–Crippen LogP) is 3.70. The fraction of sp³-hybridized carbons (Fsp3) is 0.417. The van der Waals surface area contributed by atoms with Crippen LogP contribution >= 0.6 is 31.9 Å². The number of esters is 1. The zero-order valence-corrected chi connectivity index (χ0v) is 12.3. The number of hydrogen-bond donors (Lipinski definition) is 0. The topological polar surface area (TPSA) is 26.3 Å². The molecule has 16 heavy (non-hydrogen) atoms. The fourth-order valence-electron chi connectivity index (χ4n) is 1.60. The van der Waals surface area contributed by atoms with Crippen LogP contribution in [0.2, 0.25) is 0 Å². The summed E-state index contributed by atoms with van der Waals surface area (Å²) in [5, 5.41) is 1.69. The van der Waals surface area contributed by atoms with Crippen LogP contribution in [0, 0.1) is 0 Å². The molecule has 0 spiro atoms. The molecule has 2 nitrogen and oxygen atoms in total. The van der Waals surface area contributed by atoms with Crippen LogP contribution in [0.4, 0.5) is 0 Å². The highest BCUT2D eigenvalue weighted by Gasteiger charge is 2.14. The lowest BCUT2D eigenvalue weighted by Gasteiger charge is -2.11. The maximum atomic E-state index is 11.6. The summed E-state index contributed by atoms with van der Waals surface area (Å²) in [6.07, 6.45) is 1.89. The van der Waals surface area contributed by atoms with Gasteiger partial charge >= 0.3 is 5.97 Å². The molecule has 0 saturated carbocycles. The summed E-state index contributed by atoms with van der Waals surface area (Å²) in [5.74, 6) is -0.257. The molecule has 0 heterocycles. The number of rotatable bonds is 5. The zero-order chi connectivity index (χ0) is 12.0. The standard InChI is InChI=1S/C12H14Br2O2/c1-16-12(15)11-5-2-4-9(8-14)10(11)6-3-7-13/h2,4-5H,3,6-8H2,1H3. The molecule has 0 amide bonds. The van der Waals surface area contributed by atoms with Gasteiger partial charge in [-0.1, -0.05) is 44.0 Å². The highest BCUT2D eigenvalue weighted by molar-refractivity contribution is 9.09. The Bertz CT molecular complexity index is 364. The molecule has 0 fully saturated rings. The van der Waals surface area contributed by atoms with Crippen LogP contribution in [0.5, 0.6) is 0 Å². The lowest BCUT2D eigenvalue weighted by molar-refractivity contribution is 0.0599. The van der Waals surface area contributed by atoms with Crippen molar-refractivity contribution in [3.63, 3.8) is 0 Å². The summed E-state index contributed by atoms with van der Waals surface area (Å²) in [6, 6.07) is 5.74. The lowest BCUT2D eigenvalue weighted by Crippen LogP contribution is -2.08. The lowest BCUT2D eigenvalue weighted by atomic mass is 9.98. The second-order valence-electron chi connectivity index (χ2n) is 3.36. The summed E-state index contributed by atoms with van der Waals surface area (Å²) in [7, 11) is 1.41. The minimum Gasteiger partial charge on any atom is -0.465 e. The minimum absolute atomic E-state index is 0.257. The first-order valence-electron chi connectivity index (χ1n) is 5.05. The second-order valence-corrected chi connectivity index (χ2v) is 4.71. The zero-order valence-electron chi connectivity index (χ0n) is 9.13. The molecule has 1 rings (SSSR count). The fourth-order valence-corrected chi connectivity index (χ4v) is 2.41. The number of hydrogen-bond acceptors (Lipinski definition) is 2. The third kappa shape index (κ3) is 3.32. The Labute approximate surface area is 113 Å². The van der Waals surface area contributed by atoms with Crippen molar-refractivity contribution >= 4 is 37.8 Å². The van der Waals surface area contributed by atoms with Gasteiger partial charge in [-0.2, -0.15) is 0 Å². The number of halogens is 2. The highest BCUT2D eigenvalue weighted by atomic mass is 79.9. The first-order valence-corrected chi connectivity index (χ1v) is 7.30. The second kappa shape index (κ2) is 7.07. The SMILES string of the molecule is COC(=O)c1cccc(CBr)c1CCCBr.